The molecule has 0 fully saturated rings. The van der Waals surface area contributed by atoms with Crippen molar-refractivity contribution in [1.29, 1.82) is 0 Å². The molecule has 143 heavy (non-hydrogen) atoms. The van der Waals surface area contributed by atoms with E-state index < -0.39 is 0 Å². The van der Waals surface area contributed by atoms with Gasteiger partial charge in [0.15, 0.2) is 5.58 Å². The Hall–Kier alpha value is -18.0. The molecule has 3 aliphatic carbocycles. The maximum atomic E-state index is 6.61. The first-order chi connectivity index (χ1) is 70.3. The zero-order valence-electron chi connectivity index (χ0n) is 79.8. The molecule has 8 aromatic heterocycles. The molecule has 3 aliphatic rings. The van der Waals surface area contributed by atoms with Gasteiger partial charge >= 0.3 is 0 Å². The van der Waals surface area contributed by atoms with Gasteiger partial charge in [-0.15, -0.1) is 0 Å². The highest BCUT2D eigenvalue weighted by Crippen LogP contribution is 2.59. The van der Waals surface area contributed by atoms with Crippen LogP contribution < -0.4 is 0 Å². The Bertz CT molecular complexity index is 10400. The normalized spacial score (nSPS) is 13.7. The Labute approximate surface area is 824 Å². The number of nitrogens with zero attached hydrogens (tertiary/aromatic N) is 7. The van der Waals surface area contributed by atoms with E-state index in [0.717, 1.165) is 27.6 Å². The van der Waals surface area contributed by atoms with E-state index >= 15 is 0 Å². The molecular weight excluding hydrogens is 1740 g/mol. The van der Waals surface area contributed by atoms with Crippen LogP contribution in [0.5, 0.6) is 0 Å². The highest BCUT2D eigenvalue weighted by atomic mass is 16.3. The summed E-state index contributed by atoms with van der Waals surface area (Å²) in [4.78, 5) is 0. The number of furan rings is 1. The van der Waals surface area contributed by atoms with Crippen molar-refractivity contribution in [3.05, 3.63) is 488 Å². The van der Waals surface area contributed by atoms with Gasteiger partial charge in [0, 0.05) is 137 Å². The van der Waals surface area contributed by atoms with Crippen molar-refractivity contribution in [3.63, 3.8) is 0 Å². The lowest BCUT2D eigenvalue weighted by Gasteiger charge is -2.21. The summed E-state index contributed by atoms with van der Waals surface area (Å²) in [5.41, 5.74) is 39.0. The van der Waals surface area contributed by atoms with Crippen molar-refractivity contribution in [1.82, 2.24) is 32.0 Å². The summed E-state index contributed by atoms with van der Waals surface area (Å²) in [5.74, 6) is 0. The topological polar surface area (TPSA) is 47.6 Å². The summed E-state index contributed by atoms with van der Waals surface area (Å²) in [7, 11) is 0. The van der Waals surface area contributed by atoms with Gasteiger partial charge in [-0.2, -0.15) is 0 Å². The predicted octanol–water partition coefficient (Wildman–Crippen LogP) is 35.6. The maximum Gasteiger partial charge on any atom is 0.159 e. The first kappa shape index (κ1) is 81.1. The molecule has 32 rings (SSSR count). The first-order valence-electron chi connectivity index (χ1n) is 50.0. The van der Waals surface area contributed by atoms with Crippen LogP contribution in [-0.2, 0) is 16.2 Å². The van der Waals surface area contributed by atoms with Crippen molar-refractivity contribution >= 4 is 174 Å². The summed E-state index contributed by atoms with van der Waals surface area (Å²) in [6, 6.07) is 167. The second-order valence-electron chi connectivity index (χ2n) is 40.9. The second kappa shape index (κ2) is 30.0. The van der Waals surface area contributed by atoms with Crippen LogP contribution >= 0.6 is 0 Å². The molecule has 8 heterocycles. The molecule has 0 aliphatic heterocycles. The average Bonchev–Trinajstić information content (AvgIpc) is 1.53. The standard InChI is InChI=1S/C47H33N3.C47H32N2.C41H28N2O/c1-47(2)39-20-10-6-19-36(39)46-45(47)38-29-31(49-40-21-11-7-16-33(40)34-17-8-12-22-41(34)49)24-27-44(38)50(46)32-25-26-43-37(28-32)35-18-9-13-23-42(35)48(43)30-14-4-3-5-15-30;1-47(2)41-20-10-7-19-38(41)46-45(47)40-28-29(48-42-21-11-8-17-36(42)37-18-9-12-22-43(37)48)24-26-44(40)49(46)30-23-25-35-33-15-4-3-13-31(33)32-14-5-6-16-34(32)39(35)27-30;1-41(2)32-17-7-3-15-30(32)39-38(41)31-24-25(42-33-18-8-4-12-26(33)27-13-5-9-19-34(27)42)22-23-35(31)43(39)36-20-11-16-29-28-14-6-10-21-37(28)44-40(29)36/h3-29H,1-2H3;3-28H,1-2H3;3-24H,1-2H3. The molecule has 674 valence electrons. The zero-order chi connectivity index (χ0) is 94.7. The molecule has 0 saturated heterocycles. The highest BCUT2D eigenvalue weighted by molar-refractivity contribution is 6.26. The van der Waals surface area contributed by atoms with E-state index in [1.807, 2.05) is 6.07 Å². The predicted molar refractivity (Wildman–Crippen MR) is 600 cm³/mol. The zero-order valence-corrected chi connectivity index (χ0v) is 79.8. The van der Waals surface area contributed by atoms with E-state index in [1.165, 1.54) is 254 Å². The fraction of sp³-hybridized carbons (Fsp3) is 0.0667. The summed E-state index contributed by atoms with van der Waals surface area (Å²) in [5, 5.41) is 24.1. The second-order valence-corrected chi connectivity index (χ2v) is 40.9. The third kappa shape index (κ3) is 11.3. The lowest BCUT2D eigenvalue weighted by Crippen LogP contribution is -2.14. The molecule has 0 bridgehead atoms. The van der Waals surface area contributed by atoms with E-state index in [4.69, 9.17) is 4.42 Å². The minimum atomic E-state index is -0.170. The van der Waals surface area contributed by atoms with Gasteiger partial charge in [0.2, 0.25) is 0 Å². The van der Waals surface area contributed by atoms with Gasteiger partial charge < -0.3 is 36.4 Å². The van der Waals surface area contributed by atoms with Gasteiger partial charge in [0.05, 0.1) is 83.5 Å². The largest absolute Gasteiger partial charge is 0.454 e. The third-order valence-electron chi connectivity index (χ3n) is 32.3. The molecule has 0 atom stereocenters. The summed E-state index contributed by atoms with van der Waals surface area (Å²) >= 11 is 0. The molecule has 0 amide bonds. The molecule has 0 saturated carbocycles. The molecule has 8 heteroatoms. The molecule has 21 aromatic carbocycles. The molecule has 0 radical (unpaired) electrons. The minimum absolute atomic E-state index is 0.158. The summed E-state index contributed by atoms with van der Waals surface area (Å²) in [6.07, 6.45) is 0. The van der Waals surface area contributed by atoms with Gasteiger partial charge in [-0.3, -0.25) is 0 Å². The number of hydrogen-bond acceptors (Lipinski definition) is 1. The first-order valence-corrected chi connectivity index (χ1v) is 50.0. The summed E-state index contributed by atoms with van der Waals surface area (Å²) in [6.45, 7) is 14.3. The Morgan fingerprint density at radius 1 is 0.161 bits per heavy atom. The SMILES string of the molecule is CC1(C)c2ccccc2-c2c1c1cc(-n3c4ccccc4c4ccccc43)ccc1n2-c1ccc2c(c1)c1ccccc1n2-c1ccccc1.CC1(C)c2ccccc2-c2c1c1cc(-n3c4ccccc4c4ccccc43)ccc1n2-c1ccc2c3ccccc3c3ccccc3c2c1.CC1(C)c2ccccc2-c2c1c1cc(-n3c4ccccc4c4ccccc43)ccc1n2-c1cccc2c1oc1ccccc12. The summed E-state index contributed by atoms with van der Waals surface area (Å²) < 4.78 is 23.8. The minimum Gasteiger partial charge on any atom is -0.454 e. The smallest absolute Gasteiger partial charge is 0.159 e. The van der Waals surface area contributed by atoms with Crippen LogP contribution in [-0.4, -0.2) is 32.0 Å². The van der Waals surface area contributed by atoms with Gasteiger partial charge in [-0.1, -0.05) is 345 Å². The Morgan fingerprint density at radius 2 is 0.413 bits per heavy atom. The van der Waals surface area contributed by atoms with E-state index in [2.05, 4.69) is 522 Å². The van der Waals surface area contributed by atoms with Gasteiger partial charge in [-0.05, 0) is 217 Å². The van der Waals surface area contributed by atoms with Gasteiger partial charge in [0.25, 0.3) is 0 Å². The number of rotatable bonds is 7. The molecule has 0 N–H and O–H groups in total. The van der Waals surface area contributed by atoms with E-state index in [9.17, 15) is 0 Å². The number of hydrogen-bond donors (Lipinski definition) is 0. The van der Waals surface area contributed by atoms with Crippen LogP contribution in [0, 0.1) is 0 Å². The Balaban J connectivity index is 0.000000100. The number of para-hydroxylation sites is 10. The fourth-order valence-electron chi connectivity index (χ4n) is 26.3. The van der Waals surface area contributed by atoms with Crippen molar-refractivity contribution in [2.24, 2.45) is 0 Å². The van der Waals surface area contributed by atoms with Crippen LogP contribution in [0.1, 0.15) is 74.9 Å². The van der Waals surface area contributed by atoms with Crippen LogP contribution in [0.15, 0.2) is 459 Å². The van der Waals surface area contributed by atoms with Crippen LogP contribution in [0.4, 0.5) is 0 Å². The Kier molecular flexibility index (Phi) is 17.0. The fourth-order valence-corrected chi connectivity index (χ4v) is 26.3. The number of aromatic nitrogens is 7. The molecule has 29 aromatic rings. The van der Waals surface area contributed by atoms with Crippen molar-refractivity contribution < 1.29 is 4.42 Å². The Morgan fingerprint density at radius 3 is 0.804 bits per heavy atom. The quantitative estimate of drug-likeness (QED) is 0.147. The van der Waals surface area contributed by atoms with Crippen molar-refractivity contribution in [2.75, 3.05) is 0 Å². The number of benzene rings is 21. The molecule has 0 unspecified atom stereocenters. The van der Waals surface area contributed by atoms with Crippen LogP contribution in [0.3, 0.4) is 0 Å². The third-order valence-corrected chi connectivity index (χ3v) is 32.3. The van der Waals surface area contributed by atoms with Crippen LogP contribution in [0.25, 0.3) is 248 Å². The van der Waals surface area contributed by atoms with E-state index in [0.29, 0.717) is 0 Å². The maximum absolute atomic E-state index is 6.61. The molecular formula is C135H93N7O. The van der Waals surface area contributed by atoms with E-state index in [-0.39, 0.29) is 16.2 Å². The molecule has 0 spiro atoms. The lowest BCUT2D eigenvalue weighted by molar-refractivity contribution is 0.663. The monoisotopic (exact) mass is 1830 g/mol. The van der Waals surface area contributed by atoms with Crippen molar-refractivity contribution in [3.8, 4) is 73.6 Å². The van der Waals surface area contributed by atoms with Gasteiger partial charge in [-0.25, -0.2) is 0 Å². The van der Waals surface area contributed by atoms with Gasteiger partial charge in [0.1, 0.15) is 5.58 Å². The van der Waals surface area contributed by atoms with E-state index in [1.54, 1.807) is 0 Å². The average molecular weight is 1830 g/mol. The van der Waals surface area contributed by atoms with Crippen molar-refractivity contribution in [2.45, 2.75) is 57.8 Å². The lowest BCUT2D eigenvalue weighted by atomic mass is 9.81. The molecule has 8 nitrogen and oxygen atoms in total. The highest BCUT2D eigenvalue weighted by Gasteiger charge is 2.45. The number of fused-ring (bicyclic) bond motifs is 36. The van der Waals surface area contributed by atoms with Crippen LogP contribution in [0.2, 0.25) is 0 Å².